The predicted octanol–water partition coefficient (Wildman–Crippen LogP) is 4.29. The highest BCUT2D eigenvalue weighted by Crippen LogP contribution is 2.26. The number of carbonyl (C=O) groups is 1. The van der Waals surface area contributed by atoms with Crippen LogP contribution in [0.5, 0.6) is 0 Å². The lowest BCUT2D eigenvalue weighted by Crippen LogP contribution is -2.38. The Balaban J connectivity index is 3.23. The van der Waals surface area contributed by atoms with Crippen LogP contribution in [0.4, 0.5) is 10.1 Å². The lowest BCUT2D eigenvalue weighted by molar-refractivity contribution is 0.112. The summed E-state index contributed by atoms with van der Waals surface area (Å²) in [4.78, 5) is 13.3. The molecule has 0 atom stereocenters. The molecule has 19 heavy (non-hydrogen) atoms. The van der Waals surface area contributed by atoms with Gasteiger partial charge in [0, 0.05) is 12.6 Å². The fourth-order valence-corrected chi connectivity index (χ4v) is 2.46. The van der Waals surface area contributed by atoms with E-state index >= 15 is 0 Å². The molecule has 0 spiro atoms. The highest BCUT2D eigenvalue weighted by molar-refractivity contribution is 5.85. The van der Waals surface area contributed by atoms with Crippen LogP contribution in [-0.4, -0.2) is 18.9 Å². The van der Waals surface area contributed by atoms with Gasteiger partial charge in [-0.05, 0) is 30.9 Å². The van der Waals surface area contributed by atoms with Crippen molar-refractivity contribution in [2.75, 3.05) is 11.4 Å². The molecule has 0 aliphatic heterocycles. The molecule has 0 bridgehead atoms. The van der Waals surface area contributed by atoms with Gasteiger partial charge >= 0.3 is 0 Å². The minimum Gasteiger partial charge on any atom is -0.368 e. The number of rotatable bonds is 7. The van der Waals surface area contributed by atoms with E-state index in [1.165, 1.54) is 6.07 Å². The second-order valence-electron chi connectivity index (χ2n) is 5.31. The summed E-state index contributed by atoms with van der Waals surface area (Å²) in [7, 11) is 0. The van der Waals surface area contributed by atoms with Crippen molar-refractivity contribution in [1.82, 2.24) is 0 Å². The van der Waals surface area contributed by atoms with Gasteiger partial charge in [-0.25, -0.2) is 4.39 Å². The van der Waals surface area contributed by atoms with Gasteiger partial charge in [-0.3, -0.25) is 4.79 Å². The quantitative estimate of drug-likeness (QED) is 0.685. The van der Waals surface area contributed by atoms with E-state index in [-0.39, 0.29) is 5.56 Å². The summed E-state index contributed by atoms with van der Waals surface area (Å²) < 4.78 is 13.8. The lowest BCUT2D eigenvalue weighted by Gasteiger charge is -2.35. The molecule has 0 fully saturated rings. The zero-order valence-corrected chi connectivity index (χ0v) is 12.3. The Kier molecular flexibility index (Phi) is 6.00. The summed E-state index contributed by atoms with van der Waals surface area (Å²) in [5.74, 6) is 0.0237. The van der Waals surface area contributed by atoms with E-state index in [1.54, 1.807) is 6.07 Å². The highest BCUT2D eigenvalue weighted by atomic mass is 19.1. The first kappa shape index (κ1) is 15.7. The molecule has 0 saturated carbocycles. The molecule has 0 amide bonds. The van der Waals surface area contributed by atoms with Crippen LogP contribution in [0.25, 0.3) is 0 Å². The van der Waals surface area contributed by atoms with Gasteiger partial charge in [-0.2, -0.15) is 0 Å². The molecule has 0 aliphatic rings. The zero-order chi connectivity index (χ0) is 14.4. The van der Waals surface area contributed by atoms with Gasteiger partial charge in [0.05, 0.1) is 11.3 Å². The Morgan fingerprint density at radius 3 is 2.37 bits per heavy atom. The molecule has 0 aromatic heterocycles. The van der Waals surface area contributed by atoms with Crippen LogP contribution in [-0.2, 0) is 0 Å². The maximum absolute atomic E-state index is 13.8. The monoisotopic (exact) mass is 265 g/mol. The van der Waals surface area contributed by atoms with Crippen molar-refractivity contribution in [3.8, 4) is 0 Å². The SMILES string of the molecule is CCC(CC)N(CC(C)C)c1cccc(F)c1C=O. The van der Waals surface area contributed by atoms with Crippen LogP contribution in [0.1, 0.15) is 50.9 Å². The van der Waals surface area contributed by atoms with Crippen LogP contribution in [0, 0.1) is 11.7 Å². The molecule has 0 heterocycles. The molecule has 0 N–H and O–H groups in total. The van der Waals surface area contributed by atoms with E-state index in [9.17, 15) is 9.18 Å². The van der Waals surface area contributed by atoms with E-state index < -0.39 is 5.82 Å². The molecule has 0 aliphatic carbocycles. The largest absolute Gasteiger partial charge is 0.368 e. The smallest absolute Gasteiger partial charge is 0.155 e. The number of anilines is 1. The lowest BCUT2D eigenvalue weighted by atomic mass is 10.0. The molecule has 3 heteroatoms. The van der Waals surface area contributed by atoms with E-state index in [4.69, 9.17) is 0 Å². The van der Waals surface area contributed by atoms with E-state index in [2.05, 4.69) is 32.6 Å². The van der Waals surface area contributed by atoms with Crippen molar-refractivity contribution >= 4 is 12.0 Å². The van der Waals surface area contributed by atoms with Gasteiger partial charge < -0.3 is 4.90 Å². The van der Waals surface area contributed by atoms with Crippen molar-refractivity contribution < 1.29 is 9.18 Å². The third-order valence-electron chi connectivity index (χ3n) is 3.40. The molecule has 1 aromatic rings. The fraction of sp³-hybridized carbons (Fsp3) is 0.562. The molecule has 2 nitrogen and oxygen atoms in total. The van der Waals surface area contributed by atoms with Crippen molar-refractivity contribution in [2.45, 2.75) is 46.6 Å². The molecule has 0 radical (unpaired) electrons. The Morgan fingerprint density at radius 2 is 1.89 bits per heavy atom. The van der Waals surface area contributed by atoms with Gasteiger partial charge in [-0.15, -0.1) is 0 Å². The van der Waals surface area contributed by atoms with E-state index in [0.717, 1.165) is 25.1 Å². The number of halogens is 1. The normalized spacial score (nSPS) is 11.1. The van der Waals surface area contributed by atoms with Crippen molar-refractivity contribution in [1.29, 1.82) is 0 Å². The molecular formula is C16H24FNO. The summed E-state index contributed by atoms with van der Waals surface area (Å²) in [5, 5.41) is 0. The Labute approximate surface area is 115 Å². The molecule has 0 unspecified atom stereocenters. The Hall–Kier alpha value is -1.38. The van der Waals surface area contributed by atoms with Crippen LogP contribution >= 0.6 is 0 Å². The number of hydrogen-bond donors (Lipinski definition) is 0. The second kappa shape index (κ2) is 7.27. The highest BCUT2D eigenvalue weighted by Gasteiger charge is 2.21. The number of nitrogens with zero attached hydrogens (tertiary/aromatic N) is 1. The van der Waals surface area contributed by atoms with E-state index in [1.807, 2.05) is 6.07 Å². The molecule has 0 saturated heterocycles. The minimum atomic E-state index is -0.438. The Morgan fingerprint density at radius 1 is 1.26 bits per heavy atom. The second-order valence-corrected chi connectivity index (χ2v) is 5.31. The van der Waals surface area contributed by atoms with Gasteiger partial charge in [0.15, 0.2) is 6.29 Å². The maximum Gasteiger partial charge on any atom is 0.155 e. The fourth-order valence-electron chi connectivity index (χ4n) is 2.46. The van der Waals surface area contributed by atoms with E-state index in [0.29, 0.717) is 18.2 Å². The standard InChI is InChI=1S/C16H24FNO/c1-5-13(6-2)18(10-12(3)4)16-9-7-8-15(17)14(16)11-19/h7-9,11-13H,5-6,10H2,1-4H3. The third-order valence-corrected chi connectivity index (χ3v) is 3.40. The third kappa shape index (κ3) is 3.79. The van der Waals surface area contributed by atoms with Crippen molar-refractivity contribution in [2.24, 2.45) is 5.92 Å². The zero-order valence-electron chi connectivity index (χ0n) is 12.3. The average molecular weight is 265 g/mol. The minimum absolute atomic E-state index is 0.176. The van der Waals surface area contributed by atoms with Crippen LogP contribution < -0.4 is 4.90 Å². The number of benzene rings is 1. The summed E-state index contributed by atoms with van der Waals surface area (Å²) in [6.07, 6.45) is 2.59. The van der Waals surface area contributed by atoms with Gasteiger partial charge in [-0.1, -0.05) is 33.8 Å². The summed E-state index contributed by atoms with van der Waals surface area (Å²) in [6.45, 7) is 9.35. The molecule has 1 aromatic carbocycles. The summed E-state index contributed by atoms with van der Waals surface area (Å²) in [5.41, 5.74) is 0.896. The first-order valence-corrected chi connectivity index (χ1v) is 7.05. The first-order chi connectivity index (χ1) is 9.04. The van der Waals surface area contributed by atoms with Crippen LogP contribution in [0.15, 0.2) is 18.2 Å². The van der Waals surface area contributed by atoms with Gasteiger partial charge in [0.1, 0.15) is 5.82 Å². The molecule has 1 rings (SSSR count). The van der Waals surface area contributed by atoms with Crippen molar-refractivity contribution in [3.63, 3.8) is 0 Å². The first-order valence-electron chi connectivity index (χ1n) is 7.05. The molecule has 106 valence electrons. The topological polar surface area (TPSA) is 20.3 Å². The van der Waals surface area contributed by atoms with Gasteiger partial charge in [0.2, 0.25) is 0 Å². The summed E-state index contributed by atoms with van der Waals surface area (Å²) in [6, 6.07) is 5.19. The number of hydrogen-bond acceptors (Lipinski definition) is 2. The predicted molar refractivity (Wildman–Crippen MR) is 78.3 cm³/mol. The summed E-state index contributed by atoms with van der Waals surface area (Å²) >= 11 is 0. The van der Waals surface area contributed by atoms with Crippen molar-refractivity contribution in [3.05, 3.63) is 29.6 Å². The maximum atomic E-state index is 13.8. The number of aldehydes is 1. The molecular weight excluding hydrogens is 241 g/mol. The van der Waals surface area contributed by atoms with Crippen LogP contribution in [0.2, 0.25) is 0 Å². The average Bonchev–Trinajstić information content (AvgIpc) is 2.38. The van der Waals surface area contributed by atoms with Gasteiger partial charge in [0.25, 0.3) is 0 Å². The number of carbonyl (C=O) groups excluding carboxylic acids is 1. The Bertz CT molecular complexity index is 413. The van der Waals surface area contributed by atoms with Crippen LogP contribution in [0.3, 0.4) is 0 Å².